The third-order valence-electron chi connectivity index (χ3n) is 18.1. The number of benzene rings is 2. The molecular formula is C54H70Cl2O16. The molecule has 0 radical (unpaired) electrons. The van der Waals surface area contributed by atoms with Gasteiger partial charge in [-0.25, -0.2) is 4.89 Å². The van der Waals surface area contributed by atoms with Crippen molar-refractivity contribution < 1.29 is 77.7 Å². The monoisotopic (exact) mass is 1040 g/mol. The van der Waals surface area contributed by atoms with Crippen molar-refractivity contribution in [2.75, 3.05) is 27.4 Å². The van der Waals surface area contributed by atoms with E-state index in [0.717, 1.165) is 60.7 Å². The maximum Gasteiger partial charge on any atom is 0.303 e. The van der Waals surface area contributed by atoms with Crippen LogP contribution in [-0.2, 0) is 53.6 Å². The van der Waals surface area contributed by atoms with Crippen molar-refractivity contribution in [2.45, 2.75) is 152 Å². The summed E-state index contributed by atoms with van der Waals surface area (Å²) in [7, 11) is 3.32. The Balaban J connectivity index is 0.000000167. The standard InChI is InChI=1S/C30H39ClO7.C24H31ClO9/c1-15-16(2)28(36-18(4)33)30(38-25(15)14-35-17(3)32)37-24-8-6-7-23(27(24)31)29(34-5)26-21-10-19-9-20(12-21)13-22(26)11-19;1-30-24(23(33-34-24)13-6-11-5-12(8-13)9-14(23)7-11)15-3-2-4-16(18(15)25)31-22-21(29)20(28)19(27)17(10-26)32-22/h6-8,15-16,19-22,25,28,30H,9-14H2,1-5H3;2-4,11-14,17,19-22,26-29H,5-10H2,1H3/t15-,16+,19?,20?,21?,22?,25?,28?,30-;11?,12?,13?,14?,17?,19-,20-,21?,22+,23?,24?/m10/s1. The zero-order valence-corrected chi connectivity index (χ0v) is 43.3. The highest BCUT2D eigenvalue weighted by Gasteiger charge is 2.77. The first-order valence-corrected chi connectivity index (χ1v) is 26.6. The number of hydrogen-bond acceptors (Lipinski definition) is 16. The number of carbonyl (C=O) groups is 2. The first-order valence-electron chi connectivity index (χ1n) is 25.9. The van der Waals surface area contributed by atoms with Crippen LogP contribution in [0.1, 0.15) is 103 Å². The van der Waals surface area contributed by atoms with Crippen molar-refractivity contribution in [1.29, 1.82) is 0 Å². The maximum atomic E-state index is 12.0. The van der Waals surface area contributed by atoms with Crippen molar-refractivity contribution in [3.8, 4) is 11.5 Å². The van der Waals surface area contributed by atoms with Gasteiger partial charge < -0.3 is 58.3 Å². The lowest BCUT2D eigenvalue weighted by Crippen LogP contribution is -2.76. The third-order valence-corrected chi connectivity index (χ3v) is 18.8. The Kier molecular flexibility index (Phi) is 15.0. The zero-order chi connectivity index (χ0) is 51.0. The summed E-state index contributed by atoms with van der Waals surface area (Å²) < 4.78 is 47.0. The Bertz CT molecular complexity index is 2300. The highest BCUT2D eigenvalue weighted by Crippen LogP contribution is 2.70. The Morgan fingerprint density at radius 1 is 0.681 bits per heavy atom. The fourth-order valence-corrected chi connectivity index (χ4v) is 15.5. The largest absolute Gasteiger partial charge is 0.496 e. The molecule has 3 saturated heterocycles. The number of carbonyl (C=O) groups excluding carboxylic acids is 2. The third kappa shape index (κ3) is 9.03. The molecular weight excluding hydrogens is 975 g/mol. The number of allylic oxidation sites excluding steroid dienone is 1. The van der Waals surface area contributed by atoms with Gasteiger partial charge in [-0.1, -0.05) is 55.2 Å². The van der Waals surface area contributed by atoms with Crippen molar-refractivity contribution in [1.82, 2.24) is 0 Å². The normalized spacial score (nSPS) is 42.0. The Labute approximate surface area is 430 Å². The highest BCUT2D eigenvalue weighted by atomic mass is 35.5. The molecule has 2 aromatic carbocycles. The van der Waals surface area contributed by atoms with Crippen LogP contribution in [0.2, 0.25) is 10.0 Å². The molecule has 16 nitrogen and oxygen atoms in total. The van der Waals surface area contributed by atoms with Crippen molar-refractivity contribution in [2.24, 2.45) is 59.2 Å². The van der Waals surface area contributed by atoms with Crippen LogP contribution in [0.4, 0.5) is 0 Å². The quantitative estimate of drug-likeness (QED) is 0.0922. The van der Waals surface area contributed by atoms with E-state index in [1.54, 1.807) is 32.4 Å². The summed E-state index contributed by atoms with van der Waals surface area (Å²) in [5.74, 6) is 4.21. The second kappa shape index (κ2) is 20.7. The molecule has 11 fully saturated rings. The lowest BCUT2D eigenvalue weighted by atomic mass is 9.47. The predicted octanol–water partition coefficient (Wildman–Crippen LogP) is 7.50. The summed E-state index contributed by atoms with van der Waals surface area (Å²) in [6.07, 6.45) is 2.96. The van der Waals surface area contributed by atoms with Gasteiger partial charge in [-0.3, -0.25) is 9.59 Å². The van der Waals surface area contributed by atoms with E-state index in [2.05, 4.69) is 0 Å². The smallest absolute Gasteiger partial charge is 0.303 e. The molecule has 18 heteroatoms. The zero-order valence-electron chi connectivity index (χ0n) is 41.8. The number of aliphatic hydroxyl groups excluding tert-OH is 4. The molecule has 8 bridgehead atoms. The average molecular weight is 1050 g/mol. The topological polar surface area (TPSA) is 207 Å². The summed E-state index contributed by atoms with van der Waals surface area (Å²) in [4.78, 5) is 35.2. The van der Waals surface area contributed by atoms with E-state index >= 15 is 0 Å². The lowest BCUT2D eigenvalue weighted by Gasteiger charge is -2.68. The minimum absolute atomic E-state index is 0.0397. The lowest BCUT2D eigenvalue weighted by molar-refractivity contribution is -0.645. The van der Waals surface area contributed by atoms with Crippen LogP contribution in [0.5, 0.6) is 11.5 Å². The minimum atomic E-state index is -1.55. The Morgan fingerprint density at radius 3 is 1.79 bits per heavy atom. The van der Waals surface area contributed by atoms with Gasteiger partial charge in [0.1, 0.15) is 48.3 Å². The van der Waals surface area contributed by atoms with Gasteiger partial charge in [-0.15, -0.1) is 0 Å². The van der Waals surface area contributed by atoms with E-state index < -0.39 is 73.2 Å². The van der Waals surface area contributed by atoms with Gasteiger partial charge in [-0.05, 0) is 141 Å². The molecule has 0 aromatic heterocycles. The highest BCUT2D eigenvalue weighted by molar-refractivity contribution is 6.34. The van der Waals surface area contributed by atoms with Crippen molar-refractivity contribution in [3.63, 3.8) is 0 Å². The summed E-state index contributed by atoms with van der Waals surface area (Å²) in [5, 5.41) is 40.7. The molecule has 396 valence electrons. The van der Waals surface area contributed by atoms with E-state index in [-0.39, 0.29) is 35.2 Å². The van der Waals surface area contributed by atoms with Crippen LogP contribution in [0.3, 0.4) is 0 Å². The van der Waals surface area contributed by atoms with Gasteiger partial charge in [0, 0.05) is 38.0 Å². The Morgan fingerprint density at radius 2 is 1.25 bits per heavy atom. The molecule has 3 heterocycles. The first-order chi connectivity index (χ1) is 34.5. The van der Waals surface area contributed by atoms with Crippen LogP contribution in [0.25, 0.3) is 5.76 Å². The van der Waals surface area contributed by atoms with Gasteiger partial charge >= 0.3 is 11.9 Å². The van der Waals surface area contributed by atoms with Crippen LogP contribution >= 0.6 is 23.2 Å². The molecule has 8 saturated carbocycles. The van der Waals surface area contributed by atoms with Crippen LogP contribution in [0, 0.1) is 59.2 Å². The van der Waals surface area contributed by atoms with Gasteiger partial charge in [0.15, 0.2) is 11.7 Å². The molecule has 72 heavy (non-hydrogen) atoms. The first kappa shape index (κ1) is 52.2. The molecule has 8 aliphatic carbocycles. The van der Waals surface area contributed by atoms with Gasteiger partial charge in [0.05, 0.1) is 29.9 Å². The summed E-state index contributed by atoms with van der Waals surface area (Å²) in [6.45, 7) is 6.24. The number of aliphatic hydroxyl groups is 4. The van der Waals surface area contributed by atoms with Crippen LogP contribution in [-0.4, -0.2) is 115 Å². The molecule has 0 amide bonds. The molecule has 4 N–H and O–H groups in total. The van der Waals surface area contributed by atoms with Crippen molar-refractivity contribution >= 4 is 40.9 Å². The van der Waals surface area contributed by atoms with E-state index in [4.69, 9.17) is 70.9 Å². The summed E-state index contributed by atoms with van der Waals surface area (Å²) >= 11 is 13.8. The fraction of sp³-hybridized carbons (Fsp3) is 0.704. The van der Waals surface area contributed by atoms with Gasteiger partial charge in [-0.2, -0.15) is 4.89 Å². The summed E-state index contributed by atoms with van der Waals surface area (Å²) in [6, 6.07) is 10.8. The second-order valence-corrected chi connectivity index (χ2v) is 22.9. The molecule has 11 atom stereocenters. The average Bonchev–Trinajstić information content (AvgIpc) is 3.33. The number of rotatable bonds is 12. The number of ether oxygens (including phenoxy) is 8. The Hall–Kier alpha value is -3.26. The van der Waals surface area contributed by atoms with E-state index in [9.17, 15) is 30.0 Å². The van der Waals surface area contributed by atoms with Gasteiger partial charge in [0.25, 0.3) is 5.79 Å². The van der Waals surface area contributed by atoms with E-state index in [1.807, 2.05) is 32.0 Å². The number of methoxy groups -OCH3 is 2. The molecule has 3 aliphatic heterocycles. The number of halogens is 2. The molecule has 5 unspecified atom stereocenters. The maximum absolute atomic E-state index is 12.0. The van der Waals surface area contributed by atoms with Crippen LogP contribution in [0.15, 0.2) is 42.0 Å². The second-order valence-electron chi connectivity index (χ2n) is 22.2. The fourth-order valence-electron chi connectivity index (χ4n) is 14.9. The van der Waals surface area contributed by atoms with Gasteiger partial charge in [0.2, 0.25) is 12.6 Å². The van der Waals surface area contributed by atoms with E-state index in [1.165, 1.54) is 57.9 Å². The number of esters is 2. The molecule has 1 spiro atoms. The van der Waals surface area contributed by atoms with Crippen LogP contribution < -0.4 is 9.47 Å². The van der Waals surface area contributed by atoms with E-state index in [0.29, 0.717) is 40.0 Å². The SMILES string of the molecule is COC(=C1C2CC3CC(C2)CC1C3)c1cccc(O[C@@H]2OC(COC(C)=O)[C@H](C)[C@H](C)C2OC(C)=O)c1Cl.COC1(c2cccc(O[C@@H]3OC(CO)[C@H](O)[C@H](O)C3O)c2Cl)OOC12C1CC3CC(C1)CC2C3. The minimum Gasteiger partial charge on any atom is -0.496 e. The molecule has 11 aliphatic rings. The molecule has 13 rings (SSSR count). The molecule has 2 aromatic rings. The predicted molar refractivity (Wildman–Crippen MR) is 259 cm³/mol. The number of hydrogen-bond donors (Lipinski definition) is 4. The summed E-state index contributed by atoms with van der Waals surface area (Å²) in [5.41, 5.74) is 2.17. The van der Waals surface area contributed by atoms with Crippen molar-refractivity contribution in [3.05, 3.63) is 63.1 Å².